The standard InChI is InChI=1S/C14H16N4O2/c15-8-10-2-1-3-13(14(10)18(19)20)16-11-6-7-17(9-11)12-4-5-12/h1-3,11-12,16H,4-7,9H2. The predicted molar refractivity (Wildman–Crippen MR) is 74.4 cm³/mol. The molecule has 2 aliphatic rings. The minimum absolute atomic E-state index is 0.108. The summed E-state index contributed by atoms with van der Waals surface area (Å²) in [6.07, 6.45) is 3.54. The molecular weight excluding hydrogens is 256 g/mol. The quantitative estimate of drug-likeness (QED) is 0.670. The van der Waals surface area contributed by atoms with Crippen molar-refractivity contribution in [2.75, 3.05) is 18.4 Å². The Balaban J connectivity index is 1.77. The second-order valence-electron chi connectivity index (χ2n) is 5.43. The van der Waals surface area contributed by atoms with Gasteiger partial charge in [-0.15, -0.1) is 0 Å². The van der Waals surface area contributed by atoms with Crippen molar-refractivity contribution in [1.82, 2.24) is 4.90 Å². The number of likely N-dealkylation sites (tertiary alicyclic amines) is 1. The van der Waals surface area contributed by atoms with Crippen LogP contribution in [0.15, 0.2) is 18.2 Å². The number of nitro benzene ring substituents is 1. The third-order valence-electron chi connectivity index (χ3n) is 3.98. The van der Waals surface area contributed by atoms with E-state index in [0.29, 0.717) is 5.69 Å². The Morgan fingerprint density at radius 3 is 2.85 bits per heavy atom. The van der Waals surface area contributed by atoms with Gasteiger partial charge in [-0.1, -0.05) is 6.07 Å². The molecule has 6 nitrogen and oxygen atoms in total. The summed E-state index contributed by atoms with van der Waals surface area (Å²) in [5.74, 6) is 0. The highest BCUT2D eigenvalue weighted by molar-refractivity contribution is 5.68. The molecular formula is C14H16N4O2. The number of hydrogen-bond donors (Lipinski definition) is 1. The Hall–Kier alpha value is -2.13. The maximum atomic E-state index is 11.2. The average molecular weight is 272 g/mol. The summed E-state index contributed by atoms with van der Waals surface area (Å²) < 4.78 is 0. The van der Waals surface area contributed by atoms with Gasteiger partial charge in [0.05, 0.1) is 4.92 Å². The maximum Gasteiger partial charge on any atom is 0.309 e. The fourth-order valence-corrected chi connectivity index (χ4v) is 2.84. The van der Waals surface area contributed by atoms with Gasteiger partial charge < -0.3 is 5.32 Å². The summed E-state index contributed by atoms with van der Waals surface area (Å²) in [6.45, 7) is 1.98. The molecule has 2 fully saturated rings. The highest BCUT2D eigenvalue weighted by atomic mass is 16.6. The van der Waals surface area contributed by atoms with Gasteiger partial charge in [0.2, 0.25) is 0 Å². The van der Waals surface area contributed by atoms with Crippen molar-refractivity contribution in [1.29, 1.82) is 5.26 Å². The van der Waals surface area contributed by atoms with Crippen LogP contribution in [0.5, 0.6) is 0 Å². The largest absolute Gasteiger partial charge is 0.375 e. The van der Waals surface area contributed by atoms with E-state index < -0.39 is 4.92 Å². The molecule has 1 heterocycles. The molecule has 1 atom stereocenters. The first kappa shape index (κ1) is 12.9. The molecule has 1 saturated heterocycles. The topological polar surface area (TPSA) is 82.2 Å². The smallest absolute Gasteiger partial charge is 0.309 e. The second kappa shape index (κ2) is 5.10. The highest BCUT2D eigenvalue weighted by Gasteiger charge is 2.35. The molecule has 1 aromatic rings. The molecule has 0 spiro atoms. The van der Waals surface area contributed by atoms with Crippen LogP contribution in [0.1, 0.15) is 24.8 Å². The molecule has 104 valence electrons. The van der Waals surface area contributed by atoms with Gasteiger partial charge in [-0.25, -0.2) is 0 Å². The van der Waals surface area contributed by atoms with Gasteiger partial charge >= 0.3 is 5.69 Å². The Morgan fingerprint density at radius 2 is 2.20 bits per heavy atom. The molecule has 1 aromatic carbocycles. The van der Waals surface area contributed by atoms with E-state index in [1.807, 2.05) is 6.07 Å². The lowest BCUT2D eigenvalue weighted by Crippen LogP contribution is -2.28. The predicted octanol–water partition coefficient (Wildman–Crippen LogP) is 2.12. The number of rotatable bonds is 4. The van der Waals surface area contributed by atoms with Gasteiger partial charge in [0.15, 0.2) is 0 Å². The molecule has 1 N–H and O–H groups in total. The van der Waals surface area contributed by atoms with E-state index in [9.17, 15) is 10.1 Å². The lowest BCUT2D eigenvalue weighted by atomic mass is 10.1. The highest BCUT2D eigenvalue weighted by Crippen LogP contribution is 2.33. The number of para-hydroxylation sites is 1. The molecule has 0 radical (unpaired) electrons. The second-order valence-corrected chi connectivity index (χ2v) is 5.43. The third-order valence-corrected chi connectivity index (χ3v) is 3.98. The van der Waals surface area contributed by atoms with E-state index in [2.05, 4.69) is 10.2 Å². The molecule has 6 heteroatoms. The van der Waals surface area contributed by atoms with Crippen molar-refractivity contribution in [3.63, 3.8) is 0 Å². The molecule has 1 saturated carbocycles. The van der Waals surface area contributed by atoms with Crippen LogP contribution in [-0.4, -0.2) is 35.0 Å². The molecule has 0 amide bonds. The SMILES string of the molecule is N#Cc1cccc(NC2CCN(C3CC3)C2)c1[N+](=O)[O-]. The maximum absolute atomic E-state index is 11.2. The number of anilines is 1. The first-order valence-corrected chi connectivity index (χ1v) is 6.87. The summed E-state index contributed by atoms with van der Waals surface area (Å²) in [5, 5.41) is 23.4. The lowest BCUT2D eigenvalue weighted by molar-refractivity contribution is -0.384. The van der Waals surface area contributed by atoms with Crippen LogP contribution in [0.4, 0.5) is 11.4 Å². The average Bonchev–Trinajstić information content (AvgIpc) is 3.19. The first-order chi connectivity index (χ1) is 9.69. The van der Waals surface area contributed by atoms with Gasteiger partial charge in [0.1, 0.15) is 17.3 Å². The molecule has 3 rings (SSSR count). The van der Waals surface area contributed by atoms with Crippen molar-refractivity contribution in [3.05, 3.63) is 33.9 Å². The van der Waals surface area contributed by atoms with Crippen LogP contribution in [0.2, 0.25) is 0 Å². The Labute approximate surface area is 117 Å². The van der Waals surface area contributed by atoms with Crippen molar-refractivity contribution in [2.24, 2.45) is 0 Å². The van der Waals surface area contributed by atoms with E-state index >= 15 is 0 Å². The van der Waals surface area contributed by atoms with Crippen molar-refractivity contribution in [2.45, 2.75) is 31.3 Å². The fraction of sp³-hybridized carbons (Fsp3) is 0.500. The summed E-state index contributed by atoms with van der Waals surface area (Å²) >= 11 is 0. The first-order valence-electron chi connectivity index (χ1n) is 6.87. The number of nitrogens with zero attached hydrogens (tertiary/aromatic N) is 3. The molecule has 20 heavy (non-hydrogen) atoms. The zero-order chi connectivity index (χ0) is 14.1. The summed E-state index contributed by atoms with van der Waals surface area (Å²) in [4.78, 5) is 13.1. The van der Waals surface area contributed by atoms with Crippen LogP contribution in [0, 0.1) is 21.4 Å². The number of benzene rings is 1. The normalized spacial score (nSPS) is 22.4. The summed E-state index contributed by atoms with van der Waals surface area (Å²) in [5.41, 5.74) is 0.452. The van der Waals surface area contributed by atoms with Gasteiger partial charge in [0, 0.05) is 25.2 Å². The van der Waals surface area contributed by atoms with Gasteiger partial charge in [0.25, 0.3) is 0 Å². The van der Waals surface area contributed by atoms with Crippen LogP contribution in [-0.2, 0) is 0 Å². The van der Waals surface area contributed by atoms with Crippen LogP contribution in [0.25, 0.3) is 0 Å². The number of nitrogens with one attached hydrogen (secondary N) is 1. The van der Waals surface area contributed by atoms with E-state index in [4.69, 9.17) is 5.26 Å². The van der Waals surface area contributed by atoms with E-state index in [0.717, 1.165) is 25.6 Å². The number of nitro groups is 1. The Kier molecular flexibility index (Phi) is 3.28. The van der Waals surface area contributed by atoms with Crippen molar-refractivity contribution < 1.29 is 4.92 Å². The zero-order valence-electron chi connectivity index (χ0n) is 11.1. The molecule has 0 bridgehead atoms. The molecule has 1 unspecified atom stereocenters. The van der Waals surface area contributed by atoms with E-state index in [-0.39, 0.29) is 17.3 Å². The third kappa shape index (κ3) is 2.45. The van der Waals surface area contributed by atoms with Crippen LogP contribution in [0.3, 0.4) is 0 Å². The van der Waals surface area contributed by atoms with Crippen LogP contribution >= 0.6 is 0 Å². The Bertz CT molecular complexity index is 577. The minimum atomic E-state index is -0.478. The lowest BCUT2D eigenvalue weighted by Gasteiger charge is -2.16. The van der Waals surface area contributed by atoms with E-state index in [1.165, 1.54) is 18.9 Å². The Morgan fingerprint density at radius 1 is 1.40 bits per heavy atom. The van der Waals surface area contributed by atoms with Crippen LogP contribution < -0.4 is 5.32 Å². The number of nitriles is 1. The molecule has 1 aliphatic heterocycles. The van der Waals surface area contributed by atoms with Crippen molar-refractivity contribution >= 4 is 11.4 Å². The van der Waals surface area contributed by atoms with Gasteiger partial charge in [-0.05, 0) is 31.4 Å². The summed E-state index contributed by atoms with van der Waals surface area (Å²) in [7, 11) is 0. The van der Waals surface area contributed by atoms with Crippen molar-refractivity contribution in [3.8, 4) is 6.07 Å². The molecule has 1 aliphatic carbocycles. The summed E-state index contributed by atoms with van der Waals surface area (Å²) in [6, 6.07) is 7.68. The fourth-order valence-electron chi connectivity index (χ4n) is 2.84. The van der Waals surface area contributed by atoms with E-state index in [1.54, 1.807) is 12.1 Å². The minimum Gasteiger partial charge on any atom is -0.375 e. The zero-order valence-corrected chi connectivity index (χ0v) is 11.1. The monoisotopic (exact) mass is 272 g/mol. The number of hydrogen-bond acceptors (Lipinski definition) is 5. The van der Waals surface area contributed by atoms with Gasteiger partial charge in [-0.3, -0.25) is 15.0 Å². The molecule has 0 aromatic heterocycles. The van der Waals surface area contributed by atoms with Gasteiger partial charge in [-0.2, -0.15) is 5.26 Å².